The molecule has 1 heterocycles. The average molecular weight is 513 g/mol. The van der Waals surface area contributed by atoms with Gasteiger partial charge in [0.25, 0.3) is 11.6 Å². The molecule has 0 bridgehead atoms. The molecule has 0 aromatic heterocycles. The molecule has 2 aromatic carbocycles. The van der Waals surface area contributed by atoms with Crippen molar-refractivity contribution in [3.8, 4) is 11.5 Å². The molecule has 3 rings (SSSR count). The van der Waals surface area contributed by atoms with Gasteiger partial charge in [0.05, 0.1) is 30.7 Å². The van der Waals surface area contributed by atoms with Crippen LogP contribution >= 0.6 is 0 Å². The van der Waals surface area contributed by atoms with Gasteiger partial charge in [0, 0.05) is 12.6 Å². The third-order valence-corrected chi connectivity index (χ3v) is 11.5. The first kappa shape index (κ1) is 27.4. The van der Waals surface area contributed by atoms with Gasteiger partial charge in [-0.25, -0.2) is 0 Å². The predicted octanol–water partition coefficient (Wildman–Crippen LogP) is 5.97. The number of nitro benzene ring substituents is 1. The molecule has 9 heteroatoms. The molecule has 1 unspecified atom stereocenters. The van der Waals surface area contributed by atoms with Crippen LogP contribution < -0.4 is 9.47 Å². The Morgan fingerprint density at radius 3 is 2.44 bits per heavy atom. The molecule has 1 aliphatic rings. The number of ether oxygens (including phenoxy) is 2. The Balaban J connectivity index is 1.88. The van der Waals surface area contributed by atoms with E-state index in [1.165, 1.54) is 19.2 Å². The van der Waals surface area contributed by atoms with E-state index in [4.69, 9.17) is 13.9 Å². The van der Waals surface area contributed by atoms with Crippen LogP contribution in [-0.2, 0) is 11.0 Å². The van der Waals surface area contributed by atoms with Gasteiger partial charge < -0.3 is 18.8 Å². The van der Waals surface area contributed by atoms with E-state index in [9.17, 15) is 14.9 Å². The first-order valence-corrected chi connectivity index (χ1v) is 14.9. The van der Waals surface area contributed by atoms with Crippen molar-refractivity contribution in [3.63, 3.8) is 0 Å². The second-order valence-electron chi connectivity index (χ2n) is 10.7. The molecular formula is C27H36N2O6Si. The Bertz CT molecular complexity index is 1130. The quantitative estimate of drug-likeness (QED) is 0.178. The number of nitrogens with zero attached hydrogens (tertiary/aromatic N) is 2. The summed E-state index contributed by atoms with van der Waals surface area (Å²) in [6.45, 7) is 15.8. The summed E-state index contributed by atoms with van der Waals surface area (Å²) in [5.41, 5.74) is 1.42. The maximum Gasteiger partial charge on any atom is 0.286 e. The third kappa shape index (κ3) is 6.14. The summed E-state index contributed by atoms with van der Waals surface area (Å²) in [6, 6.07) is 11.9. The zero-order valence-corrected chi connectivity index (χ0v) is 23.0. The highest BCUT2D eigenvalue weighted by atomic mass is 28.4. The fourth-order valence-electron chi connectivity index (χ4n) is 3.82. The van der Waals surface area contributed by atoms with E-state index < -0.39 is 19.1 Å². The molecule has 0 spiro atoms. The summed E-state index contributed by atoms with van der Waals surface area (Å²) >= 11 is 0. The maximum absolute atomic E-state index is 13.6. The van der Waals surface area contributed by atoms with Gasteiger partial charge in [-0.1, -0.05) is 63.3 Å². The summed E-state index contributed by atoms with van der Waals surface area (Å²) in [7, 11) is -0.596. The van der Waals surface area contributed by atoms with Gasteiger partial charge in [0.2, 0.25) is 0 Å². The number of carbonyl (C=O) groups excluding carboxylic acids is 1. The topological polar surface area (TPSA) is 91.1 Å². The van der Waals surface area contributed by atoms with Gasteiger partial charge in [-0.3, -0.25) is 14.9 Å². The Hall–Kier alpha value is -3.17. The van der Waals surface area contributed by atoms with Gasteiger partial charge in [-0.2, -0.15) is 0 Å². The van der Waals surface area contributed by atoms with Crippen LogP contribution in [0.1, 0.15) is 43.1 Å². The Kier molecular flexibility index (Phi) is 8.25. The highest BCUT2D eigenvalue weighted by Crippen LogP contribution is 2.39. The summed E-state index contributed by atoms with van der Waals surface area (Å²) in [6.07, 6.45) is 0.601. The number of methoxy groups -OCH3 is 1. The molecule has 1 amide bonds. The van der Waals surface area contributed by atoms with Gasteiger partial charge in [-0.15, -0.1) is 0 Å². The molecule has 0 aliphatic carbocycles. The molecule has 0 saturated carbocycles. The van der Waals surface area contributed by atoms with Crippen LogP contribution in [0.3, 0.4) is 0 Å². The van der Waals surface area contributed by atoms with E-state index in [2.05, 4.69) is 40.4 Å². The van der Waals surface area contributed by atoms with Crippen molar-refractivity contribution in [1.82, 2.24) is 4.90 Å². The zero-order valence-electron chi connectivity index (χ0n) is 22.0. The zero-order chi connectivity index (χ0) is 26.7. The molecule has 2 aromatic rings. The lowest BCUT2D eigenvalue weighted by Crippen LogP contribution is -2.46. The fourth-order valence-corrected chi connectivity index (χ4v) is 4.86. The van der Waals surface area contributed by atoms with Crippen molar-refractivity contribution >= 4 is 19.9 Å². The monoisotopic (exact) mass is 512 g/mol. The van der Waals surface area contributed by atoms with Crippen LogP contribution in [0.15, 0.2) is 54.6 Å². The average Bonchev–Trinajstić information content (AvgIpc) is 3.20. The minimum Gasteiger partial charge on any atom is -0.493 e. The van der Waals surface area contributed by atoms with E-state index in [0.717, 1.165) is 11.1 Å². The second kappa shape index (κ2) is 10.8. The van der Waals surface area contributed by atoms with E-state index in [1.54, 1.807) is 4.90 Å². The molecule has 1 atom stereocenters. The lowest BCUT2D eigenvalue weighted by molar-refractivity contribution is -0.385. The number of hydrogen-bond acceptors (Lipinski definition) is 6. The van der Waals surface area contributed by atoms with Crippen molar-refractivity contribution in [1.29, 1.82) is 0 Å². The molecular weight excluding hydrogens is 476 g/mol. The van der Waals surface area contributed by atoms with Crippen LogP contribution in [0.4, 0.5) is 5.69 Å². The van der Waals surface area contributed by atoms with Crippen LogP contribution in [0.5, 0.6) is 11.5 Å². The van der Waals surface area contributed by atoms with E-state index in [1.807, 2.05) is 30.3 Å². The van der Waals surface area contributed by atoms with Crippen LogP contribution in [0.25, 0.3) is 0 Å². The fraction of sp³-hybridized carbons (Fsp3) is 0.444. The number of amides is 1. The number of hydrogen-bond donors (Lipinski definition) is 0. The Morgan fingerprint density at radius 2 is 1.86 bits per heavy atom. The van der Waals surface area contributed by atoms with Crippen molar-refractivity contribution in [3.05, 3.63) is 75.9 Å². The lowest BCUT2D eigenvalue weighted by Gasteiger charge is -2.38. The first-order chi connectivity index (χ1) is 16.8. The van der Waals surface area contributed by atoms with E-state index >= 15 is 0 Å². The normalized spacial score (nSPS) is 16.2. The number of likely N-dealkylation sites (tertiary alicyclic amines) is 1. The number of nitro groups is 1. The minimum atomic E-state index is -2.04. The number of benzene rings is 2. The lowest BCUT2D eigenvalue weighted by atomic mass is 10.1. The second-order valence-corrected chi connectivity index (χ2v) is 15.5. The number of rotatable bonds is 9. The van der Waals surface area contributed by atoms with Crippen LogP contribution in [0.2, 0.25) is 18.1 Å². The van der Waals surface area contributed by atoms with E-state index in [0.29, 0.717) is 19.6 Å². The van der Waals surface area contributed by atoms with Gasteiger partial charge in [0.1, 0.15) is 12.2 Å². The van der Waals surface area contributed by atoms with Gasteiger partial charge in [0.15, 0.2) is 19.8 Å². The molecule has 0 N–H and O–H groups in total. The molecule has 0 radical (unpaired) electrons. The third-order valence-electron chi connectivity index (χ3n) is 7.01. The molecule has 36 heavy (non-hydrogen) atoms. The summed E-state index contributed by atoms with van der Waals surface area (Å²) in [4.78, 5) is 26.7. The van der Waals surface area contributed by atoms with Crippen molar-refractivity contribution in [2.45, 2.75) is 58.0 Å². The first-order valence-electron chi connectivity index (χ1n) is 12.0. The standard InChI is InChI=1S/C27H36N2O6Si/c1-19-13-21(18-35-36(6,7)27(2,3)4)28(16-19)26(30)22-14-24(33-5)25(15-23(22)29(31)32)34-17-20-11-9-8-10-12-20/h8-12,14-15,21H,1,13,16-18H2,2-7H3. The van der Waals surface area contributed by atoms with Crippen molar-refractivity contribution < 1.29 is 23.6 Å². The predicted molar refractivity (Wildman–Crippen MR) is 142 cm³/mol. The highest BCUT2D eigenvalue weighted by molar-refractivity contribution is 6.74. The van der Waals surface area contributed by atoms with Crippen molar-refractivity contribution in [2.24, 2.45) is 0 Å². The van der Waals surface area contributed by atoms with Gasteiger partial charge >= 0.3 is 0 Å². The van der Waals surface area contributed by atoms with Crippen LogP contribution in [0, 0.1) is 10.1 Å². The molecule has 8 nitrogen and oxygen atoms in total. The smallest absolute Gasteiger partial charge is 0.286 e. The van der Waals surface area contributed by atoms with Gasteiger partial charge in [-0.05, 0) is 30.1 Å². The molecule has 1 fully saturated rings. The molecule has 194 valence electrons. The number of carbonyl (C=O) groups is 1. The molecule has 1 saturated heterocycles. The Labute approximate surface area is 214 Å². The summed E-state index contributed by atoms with van der Waals surface area (Å²) < 4.78 is 17.7. The highest BCUT2D eigenvalue weighted by Gasteiger charge is 2.40. The molecule has 1 aliphatic heterocycles. The summed E-state index contributed by atoms with van der Waals surface area (Å²) in [5, 5.41) is 12.0. The minimum absolute atomic E-state index is 0.0270. The SMILES string of the molecule is C=C1CC(CO[Si](C)(C)C(C)(C)C)N(C(=O)c2cc(OC)c(OCc3ccccc3)cc2[N+](=O)[O-])C1. The largest absolute Gasteiger partial charge is 0.493 e. The maximum atomic E-state index is 13.6. The van der Waals surface area contributed by atoms with Crippen LogP contribution in [-0.4, -0.2) is 50.4 Å². The van der Waals surface area contributed by atoms with E-state index in [-0.39, 0.29) is 40.4 Å². The van der Waals surface area contributed by atoms with Crippen molar-refractivity contribution in [2.75, 3.05) is 20.3 Å². The Morgan fingerprint density at radius 1 is 1.19 bits per heavy atom. The summed E-state index contributed by atoms with van der Waals surface area (Å²) in [5.74, 6) is 0.0114.